The van der Waals surface area contributed by atoms with Gasteiger partial charge in [0.25, 0.3) is 11.8 Å². The minimum absolute atomic E-state index is 0.0559. The van der Waals surface area contributed by atoms with Crippen LogP contribution in [0.5, 0.6) is 0 Å². The third kappa shape index (κ3) is 6.12. The quantitative estimate of drug-likeness (QED) is 0.268. The number of nitrogens with zero attached hydrogens (tertiary/aromatic N) is 4. The Morgan fingerprint density at radius 3 is 2.07 bits per heavy atom. The third-order valence-corrected chi connectivity index (χ3v) is 7.93. The molecule has 214 valence electrons. The Bertz CT molecular complexity index is 1510. The molecule has 1 aliphatic rings. The van der Waals surface area contributed by atoms with Gasteiger partial charge in [0.1, 0.15) is 6.54 Å². The number of amides is 2. The third-order valence-electron chi connectivity index (χ3n) is 7.93. The summed E-state index contributed by atoms with van der Waals surface area (Å²) in [6, 6.07) is 14.1. The van der Waals surface area contributed by atoms with Crippen LogP contribution in [0.15, 0.2) is 73.1 Å². The van der Waals surface area contributed by atoms with Crippen molar-refractivity contribution in [1.82, 2.24) is 9.80 Å². The number of hydrogen-bond acceptors (Lipinski definition) is 3. The Morgan fingerprint density at radius 2 is 1.46 bits per heavy atom. The highest BCUT2D eigenvalue weighted by Crippen LogP contribution is 2.34. The van der Waals surface area contributed by atoms with Crippen LogP contribution in [0.3, 0.4) is 0 Å². The summed E-state index contributed by atoms with van der Waals surface area (Å²) in [5.74, 6) is 0.112. The molecule has 4 rings (SSSR count). The molecule has 0 aliphatic carbocycles. The maximum atomic E-state index is 13.1. The first-order valence-corrected chi connectivity index (χ1v) is 14.9. The molecule has 0 unspecified atom stereocenters. The number of pyridine rings is 1. The van der Waals surface area contributed by atoms with Gasteiger partial charge < -0.3 is 14.7 Å². The lowest BCUT2D eigenvalue weighted by Crippen LogP contribution is -2.33. The van der Waals surface area contributed by atoms with E-state index in [1.807, 2.05) is 61.8 Å². The number of aromatic nitrogens is 1. The van der Waals surface area contributed by atoms with Crippen molar-refractivity contribution in [3.63, 3.8) is 0 Å². The van der Waals surface area contributed by atoms with E-state index in [2.05, 4.69) is 78.2 Å². The van der Waals surface area contributed by atoms with E-state index in [9.17, 15) is 9.59 Å². The second-order valence-corrected chi connectivity index (χ2v) is 10.1. The number of carbonyl (C=O) groups excluding carboxylic acids is 2. The Morgan fingerprint density at radius 1 is 0.829 bits per heavy atom. The minimum Gasteiger partial charge on any atom is -0.348 e. The second kappa shape index (κ2) is 13.4. The van der Waals surface area contributed by atoms with Crippen molar-refractivity contribution in [1.29, 1.82) is 0 Å². The molecule has 6 heteroatoms. The molecular weight excluding hydrogens is 508 g/mol. The number of allylic oxidation sites excluding steroid dienone is 4. The number of anilines is 1. The molecule has 0 spiro atoms. The molecule has 0 atom stereocenters. The van der Waals surface area contributed by atoms with E-state index in [-0.39, 0.29) is 11.8 Å². The van der Waals surface area contributed by atoms with Crippen LogP contribution in [-0.4, -0.2) is 54.3 Å². The second-order valence-electron chi connectivity index (χ2n) is 10.1. The lowest BCUT2D eigenvalue weighted by Gasteiger charge is -2.27. The number of hydrogen-bond donors (Lipinski definition) is 0. The van der Waals surface area contributed by atoms with Gasteiger partial charge in [-0.05, 0) is 89.1 Å². The van der Waals surface area contributed by atoms with E-state index in [0.29, 0.717) is 37.3 Å². The fourth-order valence-electron chi connectivity index (χ4n) is 5.47. The molecule has 6 nitrogen and oxygen atoms in total. The number of fused-ring (bicyclic) bond motifs is 2. The molecule has 41 heavy (non-hydrogen) atoms. The van der Waals surface area contributed by atoms with Crippen LogP contribution in [0.25, 0.3) is 22.6 Å². The van der Waals surface area contributed by atoms with Crippen molar-refractivity contribution in [3.05, 3.63) is 95.3 Å². The zero-order valence-electron chi connectivity index (χ0n) is 25.4. The maximum Gasteiger partial charge on any atom is 0.253 e. The highest BCUT2D eigenvalue weighted by molar-refractivity contribution is 6.00. The van der Waals surface area contributed by atoms with Gasteiger partial charge in [0, 0.05) is 73.4 Å². The van der Waals surface area contributed by atoms with Gasteiger partial charge in [-0.3, -0.25) is 9.59 Å². The van der Waals surface area contributed by atoms with Gasteiger partial charge in [0.05, 0.1) is 5.39 Å². The molecule has 1 aliphatic heterocycles. The summed E-state index contributed by atoms with van der Waals surface area (Å²) in [6.07, 6.45) is 12.6. The van der Waals surface area contributed by atoms with Crippen LogP contribution < -0.4 is 9.47 Å². The predicted octanol–water partition coefficient (Wildman–Crippen LogP) is 6.56. The van der Waals surface area contributed by atoms with E-state index in [4.69, 9.17) is 0 Å². The summed E-state index contributed by atoms with van der Waals surface area (Å²) in [5, 5.41) is 1.05. The average Bonchev–Trinajstić information content (AvgIpc) is 3.01. The molecule has 0 saturated carbocycles. The Kier molecular flexibility index (Phi) is 9.77. The highest BCUT2D eigenvalue weighted by Gasteiger charge is 2.20. The monoisotopic (exact) mass is 551 g/mol. The normalized spacial score (nSPS) is 13.7. The number of carbonyl (C=O) groups is 2. The number of rotatable bonds is 10. The molecule has 0 fully saturated rings. The van der Waals surface area contributed by atoms with Crippen molar-refractivity contribution in [2.45, 2.75) is 48.1 Å². The lowest BCUT2D eigenvalue weighted by molar-refractivity contribution is -0.667. The molecule has 0 bridgehead atoms. The van der Waals surface area contributed by atoms with Crippen molar-refractivity contribution >= 4 is 40.1 Å². The van der Waals surface area contributed by atoms with E-state index >= 15 is 0 Å². The topological polar surface area (TPSA) is 47.7 Å². The standard InChI is InChI=1S/C35H43N4O2/c1-7-36(8-2)34(40)28-16-18-32-30(24-28)26(20-22-38(32)11-5)14-13-15-27-21-23-39(12-6)33-19-17-29(25-31(27)33)35(41)37(9-3)10-4/h13-25H,7-12H2,1-6H3/q+1. The van der Waals surface area contributed by atoms with Crippen molar-refractivity contribution in [2.24, 2.45) is 0 Å². The average molecular weight is 552 g/mol. The fraction of sp³-hybridized carbons (Fsp3) is 0.343. The van der Waals surface area contributed by atoms with Crippen LogP contribution in [0, 0.1) is 0 Å². The van der Waals surface area contributed by atoms with Crippen LogP contribution in [-0.2, 0) is 6.54 Å². The largest absolute Gasteiger partial charge is 0.348 e. The SMILES string of the molecule is CCN(CC)C(=O)c1ccc2c(c1)/C(=C/C=C/c1cc[n+](CC)c3ccc(C(=O)N(CC)CC)cc13)C=CN2CC. The predicted molar refractivity (Wildman–Crippen MR) is 170 cm³/mol. The molecule has 2 heterocycles. The van der Waals surface area contributed by atoms with Crippen LogP contribution in [0.1, 0.15) is 73.4 Å². The molecule has 2 amide bonds. The molecule has 2 aromatic carbocycles. The minimum atomic E-state index is 0.0559. The van der Waals surface area contributed by atoms with E-state index in [1.165, 1.54) is 0 Å². The van der Waals surface area contributed by atoms with Crippen LogP contribution in [0.2, 0.25) is 0 Å². The van der Waals surface area contributed by atoms with Gasteiger partial charge in [0.15, 0.2) is 6.20 Å². The first-order chi connectivity index (χ1) is 19.9. The van der Waals surface area contributed by atoms with Crippen LogP contribution >= 0.6 is 0 Å². The summed E-state index contributed by atoms with van der Waals surface area (Å²) in [7, 11) is 0. The van der Waals surface area contributed by atoms with Gasteiger partial charge in [-0.25, -0.2) is 0 Å². The van der Waals surface area contributed by atoms with Gasteiger partial charge in [-0.2, -0.15) is 4.57 Å². The summed E-state index contributed by atoms with van der Waals surface area (Å²) in [6.45, 7) is 16.7. The van der Waals surface area contributed by atoms with E-state index in [0.717, 1.165) is 46.4 Å². The zero-order chi connectivity index (χ0) is 29.5. The van der Waals surface area contributed by atoms with E-state index in [1.54, 1.807) is 0 Å². The molecule has 3 aromatic rings. The molecular formula is C35H43N4O2+. The Balaban J connectivity index is 1.75. The number of aryl methyl sites for hydroxylation is 1. The Labute approximate surface area is 244 Å². The molecule has 0 saturated heterocycles. The molecule has 0 radical (unpaired) electrons. The zero-order valence-corrected chi connectivity index (χ0v) is 25.4. The highest BCUT2D eigenvalue weighted by atomic mass is 16.2. The smallest absolute Gasteiger partial charge is 0.253 e. The van der Waals surface area contributed by atoms with Crippen molar-refractivity contribution in [3.8, 4) is 0 Å². The lowest BCUT2D eigenvalue weighted by atomic mass is 9.96. The summed E-state index contributed by atoms with van der Waals surface area (Å²) < 4.78 is 2.20. The van der Waals surface area contributed by atoms with Crippen molar-refractivity contribution < 1.29 is 14.2 Å². The van der Waals surface area contributed by atoms with Gasteiger partial charge in [0.2, 0.25) is 5.52 Å². The maximum absolute atomic E-state index is 13.1. The summed E-state index contributed by atoms with van der Waals surface area (Å²) >= 11 is 0. The molecule has 0 N–H and O–H groups in total. The van der Waals surface area contributed by atoms with Crippen molar-refractivity contribution in [2.75, 3.05) is 37.6 Å². The first-order valence-electron chi connectivity index (χ1n) is 14.9. The van der Waals surface area contributed by atoms with Gasteiger partial charge >= 0.3 is 0 Å². The van der Waals surface area contributed by atoms with Gasteiger partial charge in [-0.1, -0.05) is 18.2 Å². The Hall–Kier alpha value is -4.19. The first kappa shape index (κ1) is 29.8. The fourth-order valence-corrected chi connectivity index (χ4v) is 5.47. The molecule has 1 aromatic heterocycles. The van der Waals surface area contributed by atoms with Gasteiger partial charge in [-0.15, -0.1) is 0 Å². The summed E-state index contributed by atoms with van der Waals surface area (Å²) in [5.41, 5.74) is 6.76. The van der Waals surface area contributed by atoms with E-state index < -0.39 is 0 Å². The number of benzene rings is 2. The van der Waals surface area contributed by atoms with Crippen LogP contribution in [0.4, 0.5) is 5.69 Å². The summed E-state index contributed by atoms with van der Waals surface area (Å²) in [4.78, 5) is 32.1.